The number of aryl methyl sites for hydroxylation is 2. The second-order valence-electron chi connectivity index (χ2n) is 9.94. The van der Waals surface area contributed by atoms with E-state index in [1.807, 2.05) is 39.0 Å². The zero-order valence-electron chi connectivity index (χ0n) is 25.3. The molecule has 0 atom stereocenters. The van der Waals surface area contributed by atoms with Gasteiger partial charge in [0.15, 0.2) is 29.6 Å². The topological polar surface area (TPSA) is 132 Å². The molecule has 0 spiro atoms. The van der Waals surface area contributed by atoms with Crippen LogP contribution in [0.3, 0.4) is 0 Å². The van der Waals surface area contributed by atoms with E-state index >= 15 is 0 Å². The van der Waals surface area contributed by atoms with E-state index in [-0.39, 0.29) is 35.3 Å². The summed E-state index contributed by atoms with van der Waals surface area (Å²) in [4.78, 5) is 52.3. The van der Waals surface area contributed by atoms with Crippen LogP contribution in [0.4, 0.5) is 16.2 Å². The summed E-state index contributed by atoms with van der Waals surface area (Å²) in [6.07, 6.45) is 2.13. The Morgan fingerprint density at radius 3 is 2.34 bits per heavy atom. The molecule has 11 heteroatoms. The van der Waals surface area contributed by atoms with Gasteiger partial charge in [-0.25, -0.2) is 9.69 Å². The van der Waals surface area contributed by atoms with Crippen LogP contribution >= 0.6 is 0 Å². The summed E-state index contributed by atoms with van der Waals surface area (Å²) in [7, 11) is 1.43. The number of rotatable bonds is 12. The monoisotopic (exact) mass is 601 g/mol. The fourth-order valence-electron chi connectivity index (χ4n) is 4.47. The van der Waals surface area contributed by atoms with Crippen molar-refractivity contribution in [3.8, 4) is 23.0 Å². The predicted octanol–water partition coefficient (Wildman–Crippen LogP) is 5.18. The molecule has 1 heterocycles. The number of anilines is 2. The number of carbonyl (C=O) groups excluding carboxylic acids is 4. The van der Waals surface area contributed by atoms with Crippen LogP contribution in [-0.4, -0.2) is 50.7 Å². The lowest BCUT2D eigenvalue weighted by Gasteiger charge is -2.27. The lowest BCUT2D eigenvalue weighted by Crippen LogP contribution is -2.54. The Hall–Kier alpha value is -5.32. The van der Waals surface area contributed by atoms with Crippen LogP contribution in [0.15, 0.2) is 60.2 Å². The number of carbonyl (C=O) groups is 4. The molecule has 3 aromatic rings. The molecule has 0 aliphatic carbocycles. The molecule has 0 bridgehead atoms. The van der Waals surface area contributed by atoms with E-state index in [0.717, 1.165) is 22.4 Å². The van der Waals surface area contributed by atoms with Gasteiger partial charge in [-0.1, -0.05) is 30.7 Å². The van der Waals surface area contributed by atoms with E-state index in [2.05, 4.69) is 10.6 Å². The van der Waals surface area contributed by atoms with Crippen molar-refractivity contribution >= 4 is 41.2 Å². The Morgan fingerprint density at radius 2 is 1.64 bits per heavy atom. The molecule has 11 nitrogen and oxygen atoms in total. The minimum Gasteiger partial charge on any atom is -0.493 e. The third-order valence-corrected chi connectivity index (χ3v) is 6.56. The maximum Gasteiger partial charge on any atom is 0.335 e. The summed E-state index contributed by atoms with van der Waals surface area (Å²) >= 11 is 0. The number of ether oxygens (including phenoxy) is 4. The molecule has 1 aliphatic rings. The van der Waals surface area contributed by atoms with Crippen molar-refractivity contribution in [1.29, 1.82) is 0 Å². The quantitative estimate of drug-likeness (QED) is 0.214. The molecule has 0 saturated carbocycles. The number of urea groups is 1. The predicted molar refractivity (Wildman–Crippen MR) is 165 cm³/mol. The first-order valence-corrected chi connectivity index (χ1v) is 14.1. The normalized spacial score (nSPS) is 13.9. The van der Waals surface area contributed by atoms with Gasteiger partial charge in [0.1, 0.15) is 5.57 Å². The molecule has 2 N–H and O–H groups in total. The first-order valence-electron chi connectivity index (χ1n) is 14.1. The van der Waals surface area contributed by atoms with Gasteiger partial charge < -0.3 is 24.3 Å². The Bertz CT molecular complexity index is 1610. The molecule has 5 amide bonds. The van der Waals surface area contributed by atoms with Crippen molar-refractivity contribution in [2.75, 3.05) is 37.1 Å². The maximum atomic E-state index is 13.5. The molecule has 0 radical (unpaired) electrons. The second-order valence-corrected chi connectivity index (χ2v) is 9.94. The molecular formula is C33H35N3O8. The van der Waals surface area contributed by atoms with E-state index in [0.29, 0.717) is 36.0 Å². The summed E-state index contributed by atoms with van der Waals surface area (Å²) in [5, 5.41) is 5.04. The Kier molecular flexibility index (Phi) is 10.2. The Balaban J connectivity index is 1.53. The summed E-state index contributed by atoms with van der Waals surface area (Å²) in [6, 6.07) is 14.2. The molecule has 1 saturated heterocycles. The van der Waals surface area contributed by atoms with Crippen LogP contribution in [0.2, 0.25) is 0 Å². The van der Waals surface area contributed by atoms with Gasteiger partial charge in [0.2, 0.25) is 0 Å². The van der Waals surface area contributed by atoms with Gasteiger partial charge in [-0.05, 0) is 74.7 Å². The van der Waals surface area contributed by atoms with Gasteiger partial charge in [-0.2, -0.15) is 0 Å². The highest BCUT2D eigenvalue weighted by Gasteiger charge is 2.37. The van der Waals surface area contributed by atoms with Gasteiger partial charge in [0.25, 0.3) is 17.7 Å². The SMILES string of the molecule is CCCOc1ccc(N2C(=O)NC(=O)/C(=C\c3ccc(OCC(=O)Nc4ccc(C)cc4C)c(OC)c3)C2=O)cc1OCC. The van der Waals surface area contributed by atoms with Crippen molar-refractivity contribution in [1.82, 2.24) is 5.32 Å². The number of benzene rings is 3. The summed E-state index contributed by atoms with van der Waals surface area (Å²) in [5.74, 6) is -0.597. The fourth-order valence-corrected chi connectivity index (χ4v) is 4.47. The number of methoxy groups -OCH3 is 1. The smallest absolute Gasteiger partial charge is 0.335 e. The van der Waals surface area contributed by atoms with E-state index in [4.69, 9.17) is 18.9 Å². The van der Waals surface area contributed by atoms with Crippen LogP contribution in [-0.2, 0) is 14.4 Å². The van der Waals surface area contributed by atoms with Crippen molar-refractivity contribution in [2.45, 2.75) is 34.1 Å². The minimum absolute atomic E-state index is 0.207. The number of hydrogen-bond acceptors (Lipinski definition) is 8. The van der Waals surface area contributed by atoms with E-state index in [1.165, 1.54) is 19.3 Å². The second kappa shape index (κ2) is 14.2. The molecule has 1 fully saturated rings. The lowest BCUT2D eigenvalue weighted by molar-refractivity contribution is -0.122. The van der Waals surface area contributed by atoms with Crippen LogP contribution in [0.1, 0.15) is 37.0 Å². The maximum absolute atomic E-state index is 13.5. The largest absolute Gasteiger partial charge is 0.493 e. The van der Waals surface area contributed by atoms with Crippen LogP contribution in [0.5, 0.6) is 23.0 Å². The van der Waals surface area contributed by atoms with Gasteiger partial charge in [-0.15, -0.1) is 0 Å². The van der Waals surface area contributed by atoms with E-state index in [1.54, 1.807) is 37.3 Å². The zero-order chi connectivity index (χ0) is 31.8. The number of nitrogens with zero attached hydrogens (tertiary/aromatic N) is 1. The Labute approximate surface area is 255 Å². The third-order valence-electron chi connectivity index (χ3n) is 6.56. The van der Waals surface area contributed by atoms with Crippen LogP contribution in [0, 0.1) is 13.8 Å². The number of nitrogens with one attached hydrogen (secondary N) is 2. The number of barbiturate groups is 1. The van der Waals surface area contributed by atoms with Gasteiger partial charge in [0.05, 0.1) is 26.0 Å². The molecule has 0 unspecified atom stereocenters. The number of hydrogen-bond donors (Lipinski definition) is 2. The fraction of sp³-hybridized carbons (Fsp3) is 0.273. The first-order chi connectivity index (χ1) is 21.1. The van der Waals surface area contributed by atoms with Crippen molar-refractivity contribution < 1.29 is 38.1 Å². The third kappa shape index (κ3) is 7.35. The number of imide groups is 2. The molecule has 44 heavy (non-hydrogen) atoms. The van der Waals surface area contributed by atoms with Gasteiger partial charge in [-0.3, -0.25) is 19.7 Å². The average molecular weight is 602 g/mol. The zero-order valence-corrected chi connectivity index (χ0v) is 25.3. The molecule has 0 aromatic heterocycles. The number of amides is 5. The average Bonchev–Trinajstić information content (AvgIpc) is 2.99. The molecule has 3 aromatic carbocycles. The van der Waals surface area contributed by atoms with Crippen LogP contribution < -0.4 is 34.5 Å². The minimum atomic E-state index is -0.887. The highest BCUT2D eigenvalue weighted by Crippen LogP contribution is 2.34. The van der Waals surface area contributed by atoms with Crippen molar-refractivity contribution in [3.05, 3.63) is 76.9 Å². The van der Waals surface area contributed by atoms with Crippen LogP contribution in [0.25, 0.3) is 6.08 Å². The molecular weight excluding hydrogens is 566 g/mol. The standard InChI is InChI=1S/C33H35N3O8/c1-6-14-43-27-13-10-23(18-29(27)42-7-2)36-32(39)24(31(38)35-33(36)40)16-22-9-12-26(28(17-22)41-5)44-19-30(37)34-25-11-8-20(3)15-21(25)4/h8-13,15-18H,6-7,14,19H2,1-5H3,(H,34,37)(H,35,38,40)/b24-16+. The molecule has 4 rings (SSSR count). The highest BCUT2D eigenvalue weighted by atomic mass is 16.5. The van der Waals surface area contributed by atoms with Gasteiger partial charge >= 0.3 is 6.03 Å². The first kappa shape index (κ1) is 31.6. The van der Waals surface area contributed by atoms with Crippen molar-refractivity contribution in [3.63, 3.8) is 0 Å². The Morgan fingerprint density at radius 1 is 0.886 bits per heavy atom. The van der Waals surface area contributed by atoms with Crippen molar-refractivity contribution in [2.24, 2.45) is 0 Å². The van der Waals surface area contributed by atoms with E-state index < -0.39 is 17.8 Å². The lowest BCUT2D eigenvalue weighted by atomic mass is 10.1. The van der Waals surface area contributed by atoms with Gasteiger partial charge in [0, 0.05) is 11.8 Å². The molecule has 1 aliphatic heterocycles. The highest BCUT2D eigenvalue weighted by molar-refractivity contribution is 6.39. The van der Waals surface area contributed by atoms with E-state index in [9.17, 15) is 19.2 Å². The summed E-state index contributed by atoms with van der Waals surface area (Å²) in [5.41, 5.74) is 3.08. The molecule has 230 valence electrons. The summed E-state index contributed by atoms with van der Waals surface area (Å²) < 4.78 is 22.5. The summed E-state index contributed by atoms with van der Waals surface area (Å²) in [6.45, 7) is 8.20.